The number of hydrogen-bond donors (Lipinski definition) is 0. The van der Waals surface area contributed by atoms with Crippen LogP contribution >= 0.6 is 22.9 Å². The summed E-state index contributed by atoms with van der Waals surface area (Å²) in [5, 5.41) is 1.54. The zero-order valence-electron chi connectivity index (χ0n) is 11.1. The van der Waals surface area contributed by atoms with Crippen LogP contribution in [0.1, 0.15) is 19.4 Å². The van der Waals surface area contributed by atoms with Gasteiger partial charge in [-0.3, -0.25) is 0 Å². The minimum absolute atomic E-state index is 0.425. The van der Waals surface area contributed by atoms with Gasteiger partial charge >= 0.3 is 0 Å². The average molecular weight is 318 g/mol. The van der Waals surface area contributed by atoms with Gasteiger partial charge in [-0.05, 0) is 36.1 Å². The third-order valence-corrected chi connectivity index (χ3v) is 7.29. The molecule has 1 heterocycles. The first-order valence-electron chi connectivity index (χ1n) is 6.10. The zero-order chi connectivity index (χ0) is 14.2. The molecule has 0 aliphatic carbocycles. The highest BCUT2D eigenvalue weighted by atomic mass is 35.5. The van der Waals surface area contributed by atoms with Gasteiger partial charge in [-0.15, -0.1) is 11.3 Å². The Labute approximate surface area is 122 Å². The molecular weight excluding hydrogens is 302 g/mol. The summed E-state index contributed by atoms with van der Waals surface area (Å²) in [6.45, 7) is 6.49. The quantitative estimate of drug-likeness (QED) is 0.857. The van der Waals surface area contributed by atoms with E-state index in [2.05, 4.69) is 0 Å². The number of hydrogen-bond acceptors (Lipinski definition) is 3. The Morgan fingerprint density at radius 3 is 2.47 bits per heavy atom. The summed E-state index contributed by atoms with van der Waals surface area (Å²) in [6.07, 6.45) is 0. The van der Waals surface area contributed by atoms with Crippen LogP contribution in [-0.2, 0) is 10.0 Å². The van der Waals surface area contributed by atoms with Gasteiger partial charge in [0.15, 0.2) is 0 Å². The maximum Gasteiger partial charge on any atom is 0.252 e. The Morgan fingerprint density at radius 2 is 1.89 bits per heavy atom. The molecule has 0 spiro atoms. The van der Waals surface area contributed by atoms with Crippen LogP contribution in [0.25, 0.3) is 10.1 Å². The monoisotopic (exact) mass is 317 g/mol. The highest BCUT2D eigenvalue weighted by Crippen LogP contribution is 2.36. The van der Waals surface area contributed by atoms with Crippen molar-refractivity contribution in [2.24, 2.45) is 0 Å². The van der Waals surface area contributed by atoms with E-state index < -0.39 is 10.0 Å². The topological polar surface area (TPSA) is 37.4 Å². The fourth-order valence-electron chi connectivity index (χ4n) is 2.10. The number of thiophene rings is 1. The molecule has 0 aliphatic heterocycles. The molecule has 0 aliphatic rings. The van der Waals surface area contributed by atoms with Crippen molar-refractivity contribution in [1.82, 2.24) is 4.31 Å². The van der Waals surface area contributed by atoms with Crippen molar-refractivity contribution in [2.45, 2.75) is 25.0 Å². The molecule has 0 unspecified atom stereocenters. The van der Waals surface area contributed by atoms with Crippen molar-refractivity contribution in [2.75, 3.05) is 13.1 Å². The fourth-order valence-corrected chi connectivity index (χ4v) is 5.61. The number of fused-ring (bicyclic) bond motifs is 1. The normalized spacial score (nSPS) is 12.5. The Morgan fingerprint density at radius 1 is 1.26 bits per heavy atom. The molecule has 0 N–H and O–H groups in total. The van der Waals surface area contributed by atoms with E-state index in [0.717, 1.165) is 15.6 Å². The van der Waals surface area contributed by atoms with E-state index in [9.17, 15) is 8.42 Å². The largest absolute Gasteiger partial charge is 0.252 e. The Bertz CT molecular complexity index is 703. The lowest BCUT2D eigenvalue weighted by Gasteiger charge is -2.17. The molecule has 104 valence electrons. The maximum atomic E-state index is 12.6. The van der Waals surface area contributed by atoms with E-state index >= 15 is 0 Å². The lowest BCUT2D eigenvalue weighted by Crippen LogP contribution is -2.30. The summed E-state index contributed by atoms with van der Waals surface area (Å²) >= 11 is 7.29. The van der Waals surface area contributed by atoms with E-state index in [-0.39, 0.29) is 0 Å². The summed E-state index contributed by atoms with van der Waals surface area (Å²) < 4.78 is 28.0. The van der Waals surface area contributed by atoms with Gasteiger partial charge in [-0.2, -0.15) is 4.31 Å². The second kappa shape index (κ2) is 5.40. The Hall–Kier alpha value is -0.620. The number of halogens is 1. The van der Waals surface area contributed by atoms with Gasteiger partial charge in [0, 0.05) is 22.8 Å². The van der Waals surface area contributed by atoms with Gasteiger partial charge in [0.2, 0.25) is 0 Å². The molecule has 3 nitrogen and oxygen atoms in total. The number of nitrogens with zero attached hydrogens (tertiary/aromatic N) is 1. The van der Waals surface area contributed by atoms with Crippen molar-refractivity contribution in [3.63, 3.8) is 0 Å². The molecule has 0 atom stereocenters. The predicted molar refractivity (Wildman–Crippen MR) is 81.7 cm³/mol. The van der Waals surface area contributed by atoms with Crippen molar-refractivity contribution < 1.29 is 8.42 Å². The summed E-state index contributed by atoms with van der Waals surface area (Å²) in [6, 6.07) is 5.48. The molecule has 0 amide bonds. The van der Waals surface area contributed by atoms with Crippen molar-refractivity contribution >= 4 is 43.0 Å². The number of aryl methyl sites for hydroxylation is 1. The molecule has 0 saturated carbocycles. The van der Waals surface area contributed by atoms with Crippen LogP contribution in [-0.4, -0.2) is 25.8 Å². The second-order valence-electron chi connectivity index (χ2n) is 4.24. The zero-order valence-corrected chi connectivity index (χ0v) is 13.5. The molecule has 2 rings (SSSR count). The van der Waals surface area contributed by atoms with Crippen LogP contribution in [0.3, 0.4) is 0 Å². The lowest BCUT2D eigenvalue weighted by atomic mass is 10.2. The van der Waals surface area contributed by atoms with Crippen LogP contribution in [0.15, 0.2) is 22.4 Å². The summed E-state index contributed by atoms with van der Waals surface area (Å²) in [5.74, 6) is 0. The van der Waals surface area contributed by atoms with Crippen molar-refractivity contribution in [1.29, 1.82) is 0 Å². The standard InChI is InChI=1S/C13H16ClNO2S2/c1-4-15(5-2)19(16,17)13-9(3)11-8-10(14)6-7-12(11)18-13/h6-8H,4-5H2,1-3H3. The molecule has 6 heteroatoms. The van der Waals surface area contributed by atoms with E-state index in [1.54, 1.807) is 6.07 Å². The summed E-state index contributed by atoms with van der Waals surface area (Å²) in [5.41, 5.74) is 0.786. The third kappa shape index (κ3) is 2.52. The molecule has 0 bridgehead atoms. The first-order chi connectivity index (χ1) is 8.91. The average Bonchev–Trinajstić information content (AvgIpc) is 2.68. The number of sulfonamides is 1. The van der Waals surface area contributed by atoms with E-state index in [0.29, 0.717) is 22.3 Å². The SMILES string of the molecule is CCN(CC)S(=O)(=O)c1sc2ccc(Cl)cc2c1C. The molecule has 0 fully saturated rings. The lowest BCUT2D eigenvalue weighted by molar-refractivity contribution is 0.446. The number of rotatable bonds is 4. The van der Waals surface area contributed by atoms with Crippen LogP contribution < -0.4 is 0 Å². The van der Waals surface area contributed by atoms with Crippen molar-refractivity contribution in [3.05, 3.63) is 28.8 Å². The van der Waals surface area contributed by atoms with E-state index in [1.165, 1.54) is 15.6 Å². The van der Waals surface area contributed by atoms with Crippen LogP contribution in [0.2, 0.25) is 5.02 Å². The molecule has 0 saturated heterocycles. The molecular formula is C13H16ClNO2S2. The minimum atomic E-state index is -3.40. The van der Waals surface area contributed by atoms with Gasteiger partial charge in [-0.25, -0.2) is 8.42 Å². The summed E-state index contributed by atoms with van der Waals surface area (Å²) in [4.78, 5) is 0. The van der Waals surface area contributed by atoms with Gasteiger partial charge in [0.25, 0.3) is 10.0 Å². The van der Waals surface area contributed by atoms with E-state index in [4.69, 9.17) is 11.6 Å². The van der Waals surface area contributed by atoms with E-state index in [1.807, 2.05) is 32.9 Å². The number of benzene rings is 1. The highest BCUT2D eigenvalue weighted by molar-refractivity contribution is 7.91. The van der Waals surface area contributed by atoms with Gasteiger partial charge in [-0.1, -0.05) is 25.4 Å². The van der Waals surface area contributed by atoms with Crippen molar-refractivity contribution in [3.8, 4) is 0 Å². The molecule has 0 radical (unpaired) electrons. The first kappa shape index (κ1) is 14.8. The van der Waals surface area contributed by atoms with Crippen LogP contribution in [0, 0.1) is 6.92 Å². The van der Waals surface area contributed by atoms with Crippen LogP contribution in [0.5, 0.6) is 0 Å². The molecule has 1 aromatic carbocycles. The summed E-state index contributed by atoms with van der Waals surface area (Å²) in [7, 11) is -3.40. The third-order valence-electron chi connectivity index (χ3n) is 3.13. The van der Waals surface area contributed by atoms with Gasteiger partial charge < -0.3 is 0 Å². The van der Waals surface area contributed by atoms with Gasteiger partial charge in [0.05, 0.1) is 0 Å². The smallest absolute Gasteiger partial charge is 0.206 e. The molecule has 19 heavy (non-hydrogen) atoms. The first-order valence-corrected chi connectivity index (χ1v) is 8.74. The Balaban J connectivity index is 2.67. The second-order valence-corrected chi connectivity index (χ2v) is 7.87. The van der Waals surface area contributed by atoms with Gasteiger partial charge in [0.1, 0.15) is 4.21 Å². The highest BCUT2D eigenvalue weighted by Gasteiger charge is 2.26. The maximum absolute atomic E-state index is 12.6. The van der Waals surface area contributed by atoms with Crippen LogP contribution in [0.4, 0.5) is 0 Å². The minimum Gasteiger partial charge on any atom is -0.206 e. The predicted octanol–water partition coefficient (Wildman–Crippen LogP) is 3.89. The molecule has 1 aromatic heterocycles. The fraction of sp³-hybridized carbons (Fsp3) is 0.385. The Kier molecular flexibility index (Phi) is 4.20. The molecule has 2 aromatic rings.